The highest BCUT2D eigenvalue weighted by molar-refractivity contribution is 6.31. The Hall–Kier alpha value is -4.05. The first kappa shape index (κ1) is 25.1. The van der Waals surface area contributed by atoms with E-state index in [9.17, 15) is 4.79 Å². The number of halogens is 1. The molecule has 0 saturated carbocycles. The Labute approximate surface area is 213 Å². The standard InChI is InChI=1S/C25H26ClN5O5/c1-15-13-18(5-7-20(15)26)36-16(2)25(32)27-11-12-35-23-10-9-22-28-29-24(31(22)30-23)19-14-17(33-3)6-8-21(19)34-4/h5-10,13-14,16H,11-12H2,1-4H3,(H,27,32). The van der Waals surface area contributed by atoms with Crippen LogP contribution in [0.15, 0.2) is 48.5 Å². The minimum Gasteiger partial charge on any atom is -0.497 e. The lowest BCUT2D eigenvalue weighted by Crippen LogP contribution is -2.38. The van der Waals surface area contributed by atoms with E-state index in [1.807, 2.05) is 6.92 Å². The van der Waals surface area contributed by atoms with Crippen molar-refractivity contribution in [2.24, 2.45) is 0 Å². The van der Waals surface area contributed by atoms with Gasteiger partial charge in [0.2, 0.25) is 5.88 Å². The second-order valence-electron chi connectivity index (χ2n) is 7.84. The van der Waals surface area contributed by atoms with Gasteiger partial charge in [-0.1, -0.05) is 11.6 Å². The van der Waals surface area contributed by atoms with Gasteiger partial charge in [0.25, 0.3) is 5.91 Å². The number of nitrogens with zero attached hydrogens (tertiary/aromatic N) is 4. The van der Waals surface area contributed by atoms with Crippen molar-refractivity contribution in [3.8, 4) is 34.5 Å². The molecule has 0 bridgehead atoms. The van der Waals surface area contributed by atoms with Crippen LogP contribution in [0.1, 0.15) is 12.5 Å². The first-order chi connectivity index (χ1) is 17.4. The number of benzene rings is 2. The normalized spacial score (nSPS) is 11.7. The zero-order valence-corrected chi connectivity index (χ0v) is 21.1. The number of aromatic nitrogens is 4. The monoisotopic (exact) mass is 511 g/mol. The number of methoxy groups -OCH3 is 2. The molecule has 2 aromatic heterocycles. The molecule has 0 fully saturated rings. The Bertz CT molecular complexity index is 1380. The highest BCUT2D eigenvalue weighted by atomic mass is 35.5. The number of nitrogens with one attached hydrogen (secondary N) is 1. The van der Waals surface area contributed by atoms with Gasteiger partial charge in [0.1, 0.15) is 23.9 Å². The van der Waals surface area contributed by atoms with Gasteiger partial charge in [-0.3, -0.25) is 4.79 Å². The molecule has 1 amide bonds. The van der Waals surface area contributed by atoms with E-state index >= 15 is 0 Å². The van der Waals surface area contributed by atoms with Gasteiger partial charge < -0.3 is 24.3 Å². The van der Waals surface area contributed by atoms with Crippen LogP contribution in [0, 0.1) is 6.92 Å². The van der Waals surface area contributed by atoms with E-state index in [-0.39, 0.29) is 19.1 Å². The summed E-state index contributed by atoms with van der Waals surface area (Å²) in [6.45, 7) is 4.02. The van der Waals surface area contributed by atoms with Crippen LogP contribution < -0.4 is 24.3 Å². The third-order valence-electron chi connectivity index (χ3n) is 5.35. The number of fused-ring (bicyclic) bond motifs is 1. The predicted octanol–water partition coefficient (Wildman–Crippen LogP) is 3.73. The number of rotatable bonds is 10. The third kappa shape index (κ3) is 5.60. The van der Waals surface area contributed by atoms with E-state index in [0.29, 0.717) is 45.2 Å². The molecule has 0 aliphatic carbocycles. The second kappa shape index (κ2) is 11.1. The molecule has 2 heterocycles. The van der Waals surface area contributed by atoms with Crippen LogP contribution in [-0.2, 0) is 4.79 Å². The topological polar surface area (TPSA) is 109 Å². The van der Waals surface area contributed by atoms with Crippen molar-refractivity contribution in [3.05, 3.63) is 59.1 Å². The van der Waals surface area contributed by atoms with Gasteiger partial charge in [0.05, 0.1) is 26.3 Å². The largest absolute Gasteiger partial charge is 0.497 e. The van der Waals surface area contributed by atoms with Gasteiger partial charge in [-0.15, -0.1) is 15.3 Å². The molecular weight excluding hydrogens is 486 g/mol. The smallest absolute Gasteiger partial charge is 0.260 e. The van der Waals surface area contributed by atoms with Gasteiger partial charge in [-0.05, 0) is 61.9 Å². The maximum Gasteiger partial charge on any atom is 0.260 e. The zero-order valence-electron chi connectivity index (χ0n) is 20.3. The van der Waals surface area contributed by atoms with Crippen molar-refractivity contribution < 1.29 is 23.7 Å². The van der Waals surface area contributed by atoms with Crippen LogP contribution in [0.4, 0.5) is 0 Å². The average Bonchev–Trinajstić information content (AvgIpc) is 3.31. The molecule has 4 aromatic rings. The lowest BCUT2D eigenvalue weighted by molar-refractivity contribution is -0.127. The molecule has 0 saturated heterocycles. The molecule has 1 N–H and O–H groups in total. The van der Waals surface area contributed by atoms with Crippen molar-refractivity contribution in [2.45, 2.75) is 20.0 Å². The minimum absolute atomic E-state index is 0.205. The highest BCUT2D eigenvalue weighted by Crippen LogP contribution is 2.32. The fourth-order valence-electron chi connectivity index (χ4n) is 3.43. The number of ether oxygens (including phenoxy) is 4. The van der Waals surface area contributed by atoms with Crippen molar-refractivity contribution >= 4 is 23.2 Å². The van der Waals surface area contributed by atoms with Crippen LogP contribution in [0.2, 0.25) is 5.02 Å². The second-order valence-corrected chi connectivity index (χ2v) is 8.25. The SMILES string of the molecule is COc1ccc(OC)c(-c2nnc3ccc(OCCNC(=O)C(C)Oc4ccc(Cl)c(C)c4)nn23)c1. The van der Waals surface area contributed by atoms with Crippen LogP contribution in [0.3, 0.4) is 0 Å². The van der Waals surface area contributed by atoms with E-state index in [4.69, 9.17) is 30.5 Å². The Morgan fingerprint density at radius 1 is 1.06 bits per heavy atom. The lowest BCUT2D eigenvalue weighted by atomic mass is 10.2. The fourth-order valence-corrected chi connectivity index (χ4v) is 3.55. The van der Waals surface area contributed by atoms with Crippen molar-refractivity contribution in [2.75, 3.05) is 27.4 Å². The Kier molecular flexibility index (Phi) is 7.74. The molecule has 0 spiro atoms. The molecule has 36 heavy (non-hydrogen) atoms. The molecule has 1 unspecified atom stereocenters. The first-order valence-electron chi connectivity index (χ1n) is 11.2. The molecule has 10 nitrogen and oxygen atoms in total. The quantitative estimate of drug-likeness (QED) is 0.321. The summed E-state index contributed by atoms with van der Waals surface area (Å²) in [5.41, 5.74) is 2.09. The first-order valence-corrected chi connectivity index (χ1v) is 11.6. The lowest BCUT2D eigenvalue weighted by Gasteiger charge is -2.15. The van der Waals surface area contributed by atoms with Gasteiger partial charge in [-0.2, -0.15) is 4.52 Å². The highest BCUT2D eigenvalue weighted by Gasteiger charge is 2.17. The average molecular weight is 512 g/mol. The molecule has 4 rings (SSSR count). The Morgan fingerprint density at radius 2 is 1.86 bits per heavy atom. The van der Waals surface area contributed by atoms with E-state index in [1.165, 1.54) is 0 Å². The molecule has 2 aromatic carbocycles. The minimum atomic E-state index is -0.683. The van der Waals surface area contributed by atoms with E-state index in [2.05, 4.69) is 20.6 Å². The fraction of sp³-hybridized carbons (Fsp3) is 0.280. The molecule has 0 radical (unpaired) electrons. The maximum absolute atomic E-state index is 12.4. The molecule has 11 heteroatoms. The summed E-state index contributed by atoms with van der Waals surface area (Å²) in [6, 6.07) is 14.1. The predicted molar refractivity (Wildman–Crippen MR) is 134 cm³/mol. The molecule has 0 aliphatic heterocycles. The summed E-state index contributed by atoms with van der Waals surface area (Å²) in [4.78, 5) is 12.4. The summed E-state index contributed by atoms with van der Waals surface area (Å²) in [6.07, 6.45) is -0.683. The summed E-state index contributed by atoms with van der Waals surface area (Å²) in [5.74, 6) is 2.39. The van der Waals surface area contributed by atoms with E-state index < -0.39 is 6.10 Å². The van der Waals surface area contributed by atoms with Crippen LogP contribution in [0.25, 0.3) is 17.0 Å². The molecule has 0 aliphatic rings. The summed E-state index contributed by atoms with van der Waals surface area (Å²) >= 11 is 6.03. The van der Waals surface area contributed by atoms with Crippen molar-refractivity contribution in [1.82, 2.24) is 25.1 Å². The molecule has 188 valence electrons. The number of aryl methyl sites for hydroxylation is 1. The van der Waals surface area contributed by atoms with Gasteiger partial charge in [0.15, 0.2) is 17.6 Å². The number of amides is 1. The van der Waals surface area contributed by atoms with Crippen LogP contribution in [0.5, 0.6) is 23.1 Å². The summed E-state index contributed by atoms with van der Waals surface area (Å²) in [7, 11) is 3.16. The number of carbonyl (C=O) groups is 1. The Balaban J connectivity index is 1.37. The van der Waals surface area contributed by atoms with Gasteiger partial charge in [0, 0.05) is 11.1 Å². The maximum atomic E-state index is 12.4. The van der Waals surface area contributed by atoms with Crippen LogP contribution in [-0.4, -0.2) is 59.2 Å². The number of hydrogen-bond acceptors (Lipinski definition) is 8. The van der Waals surface area contributed by atoms with Crippen molar-refractivity contribution in [3.63, 3.8) is 0 Å². The third-order valence-corrected chi connectivity index (χ3v) is 5.77. The molecule has 1 atom stereocenters. The van der Waals surface area contributed by atoms with Gasteiger partial charge >= 0.3 is 0 Å². The zero-order chi connectivity index (χ0) is 25.7. The van der Waals surface area contributed by atoms with Crippen LogP contribution >= 0.6 is 11.6 Å². The summed E-state index contributed by atoms with van der Waals surface area (Å²) < 4.78 is 23.8. The number of carbonyl (C=O) groups excluding carboxylic acids is 1. The Morgan fingerprint density at radius 3 is 2.61 bits per heavy atom. The van der Waals surface area contributed by atoms with E-state index in [0.717, 1.165) is 5.56 Å². The number of hydrogen-bond donors (Lipinski definition) is 1. The van der Waals surface area contributed by atoms with E-state index in [1.54, 1.807) is 74.2 Å². The molecular formula is C25H26ClN5O5. The van der Waals surface area contributed by atoms with Gasteiger partial charge in [-0.25, -0.2) is 0 Å². The van der Waals surface area contributed by atoms with Crippen molar-refractivity contribution in [1.29, 1.82) is 0 Å². The summed E-state index contributed by atoms with van der Waals surface area (Å²) in [5, 5.41) is 16.4.